The first kappa shape index (κ1) is 9.66. The standard InChI is InChI=1S/C8H18NO/c1-8(2)7-9(3,4)5-6-10/h10H,1,5-7H2,2-4H3/q+1. The van der Waals surface area contributed by atoms with Gasteiger partial charge < -0.3 is 9.59 Å². The number of likely N-dealkylation sites (N-methyl/N-ethyl adjacent to an activating group) is 1. The number of nitrogens with zero attached hydrogens (tertiary/aromatic N) is 1. The van der Waals surface area contributed by atoms with E-state index in [0.29, 0.717) is 0 Å². The molecular weight excluding hydrogens is 126 g/mol. The number of quaternary nitrogens is 1. The summed E-state index contributed by atoms with van der Waals surface area (Å²) in [5, 5.41) is 8.67. The molecule has 0 heterocycles. The molecule has 60 valence electrons. The molecule has 0 saturated carbocycles. The van der Waals surface area contributed by atoms with Crippen molar-refractivity contribution in [2.75, 3.05) is 33.8 Å². The predicted octanol–water partition coefficient (Wildman–Crippen LogP) is 0.631. The first-order valence-electron chi connectivity index (χ1n) is 3.55. The van der Waals surface area contributed by atoms with Gasteiger partial charge in [-0.15, -0.1) is 0 Å². The van der Waals surface area contributed by atoms with Crippen molar-refractivity contribution in [3.63, 3.8) is 0 Å². The van der Waals surface area contributed by atoms with Gasteiger partial charge in [0.2, 0.25) is 0 Å². The molecule has 0 rings (SSSR count). The Morgan fingerprint density at radius 2 is 2.00 bits per heavy atom. The van der Waals surface area contributed by atoms with Crippen molar-refractivity contribution in [3.05, 3.63) is 12.2 Å². The smallest absolute Gasteiger partial charge is 0.102 e. The third-order valence-corrected chi connectivity index (χ3v) is 1.40. The van der Waals surface area contributed by atoms with Crippen LogP contribution < -0.4 is 0 Å². The molecule has 0 saturated heterocycles. The molecule has 2 heteroatoms. The van der Waals surface area contributed by atoms with Gasteiger partial charge in [-0.25, -0.2) is 0 Å². The molecule has 10 heavy (non-hydrogen) atoms. The Kier molecular flexibility index (Phi) is 3.61. The summed E-state index contributed by atoms with van der Waals surface area (Å²) >= 11 is 0. The minimum absolute atomic E-state index is 0.250. The van der Waals surface area contributed by atoms with Crippen LogP contribution in [0.15, 0.2) is 12.2 Å². The molecule has 0 bridgehead atoms. The van der Waals surface area contributed by atoms with E-state index in [-0.39, 0.29) is 6.61 Å². The van der Waals surface area contributed by atoms with Gasteiger partial charge in [0, 0.05) is 0 Å². The SMILES string of the molecule is C=C(C)C[N+](C)(C)CCO. The van der Waals surface area contributed by atoms with Gasteiger partial charge in [-0.3, -0.25) is 0 Å². The molecule has 0 aromatic carbocycles. The van der Waals surface area contributed by atoms with Crippen LogP contribution >= 0.6 is 0 Å². The fourth-order valence-corrected chi connectivity index (χ4v) is 1.08. The summed E-state index contributed by atoms with van der Waals surface area (Å²) in [6.45, 7) is 7.83. The molecule has 0 radical (unpaired) electrons. The average molecular weight is 144 g/mol. The highest BCUT2D eigenvalue weighted by molar-refractivity contribution is 4.87. The van der Waals surface area contributed by atoms with Gasteiger partial charge in [-0.05, 0) is 12.5 Å². The van der Waals surface area contributed by atoms with E-state index in [0.717, 1.165) is 17.6 Å². The van der Waals surface area contributed by atoms with Gasteiger partial charge in [-0.2, -0.15) is 0 Å². The van der Waals surface area contributed by atoms with E-state index in [9.17, 15) is 0 Å². The minimum Gasteiger partial charge on any atom is -0.391 e. The van der Waals surface area contributed by atoms with Gasteiger partial charge in [0.25, 0.3) is 0 Å². The van der Waals surface area contributed by atoms with Gasteiger partial charge >= 0.3 is 0 Å². The minimum atomic E-state index is 0.250. The summed E-state index contributed by atoms with van der Waals surface area (Å²) in [7, 11) is 4.18. The molecule has 0 aliphatic rings. The van der Waals surface area contributed by atoms with Crippen LogP contribution in [0.5, 0.6) is 0 Å². The Morgan fingerprint density at radius 1 is 1.50 bits per heavy atom. The van der Waals surface area contributed by atoms with Crippen molar-refractivity contribution in [2.24, 2.45) is 0 Å². The van der Waals surface area contributed by atoms with E-state index < -0.39 is 0 Å². The van der Waals surface area contributed by atoms with Crippen LogP contribution in [-0.2, 0) is 0 Å². The van der Waals surface area contributed by atoms with E-state index in [1.807, 2.05) is 6.92 Å². The zero-order chi connectivity index (χ0) is 8.20. The van der Waals surface area contributed by atoms with E-state index in [1.165, 1.54) is 5.57 Å². The summed E-state index contributed by atoms with van der Waals surface area (Å²) in [4.78, 5) is 0. The van der Waals surface area contributed by atoms with Crippen LogP contribution in [0.3, 0.4) is 0 Å². The number of aliphatic hydroxyl groups excluding tert-OH is 1. The Bertz CT molecular complexity index is 118. The first-order chi connectivity index (χ1) is 4.48. The highest BCUT2D eigenvalue weighted by Gasteiger charge is 2.12. The fourth-order valence-electron chi connectivity index (χ4n) is 1.08. The van der Waals surface area contributed by atoms with Gasteiger partial charge in [-0.1, -0.05) is 6.58 Å². The second-order valence-electron chi connectivity index (χ2n) is 3.50. The topological polar surface area (TPSA) is 20.2 Å². The van der Waals surface area contributed by atoms with E-state index >= 15 is 0 Å². The number of aliphatic hydroxyl groups is 1. The normalized spacial score (nSPS) is 11.6. The summed E-state index contributed by atoms with van der Waals surface area (Å²) in [5.74, 6) is 0. The molecule has 0 aliphatic heterocycles. The van der Waals surface area contributed by atoms with Gasteiger partial charge in [0.1, 0.15) is 6.54 Å². The van der Waals surface area contributed by atoms with Gasteiger partial charge in [0.15, 0.2) is 0 Å². The monoisotopic (exact) mass is 144 g/mol. The lowest BCUT2D eigenvalue weighted by Crippen LogP contribution is -2.42. The zero-order valence-corrected chi connectivity index (χ0v) is 7.22. The average Bonchev–Trinajstić information content (AvgIpc) is 1.59. The highest BCUT2D eigenvalue weighted by Crippen LogP contribution is 2.00. The van der Waals surface area contributed by atoms with Crippen molar-refractivity contribution in [1.29, 1.82) is 0 Å². The van der Waals surface area contributed by atoms with Crippen LogP contribution in [-0.4, -0.2) is 43.4 Å². The molecule has 0 aromatic heterocycles. The van der Waals surface area contributed by atoms with Crippen LogP contribution in [0.25, 0.3) is 0 Å². The molecule has 0 fully saturated rings. The Balaban J connectivity index is 3.74. The van der Waals surface area contributed by atoms with Crippen molar-refractivity contribution in [3.8, 4) is 0 Å². The molecule has 0 unspecified atom stereocenters. The zero-order valence-electron chi connectivity index (χ0n) is 7.22. The molecule has 0 spiro atoms. The molecule has 0 aromatic rings. The Hall–Kier alpha value is -0.340. The molecule has 1 N–H and O–H groups in total. The lowest BCUT2D eigenvalue weighted by atomic mass is 10.3. The number of hydrogen-bond acceptors (Lipinski definition) is 1. The van der Waals surface area contributed by atoms with Crippen LogP contribution in [0.2, 0.25) is 0 Å². The summed E-state index contributed by atoms with van der Waals surface area (Å²) in [6.07, 6.45) is 0. The fraction of sp³-hybridized carbons (Fsp3) is 0.750. The Morgan fingerprint density at radius 3 is 2.30 bits per heavy atom. The largest absolute Gasteiger partial charge is 0.391 e. The Labute approximate surface area is 63.4 Å². The second-order valence-corrected chi connectivity index (χ2v) is 3.50. The quantitative estimate of drug-likeness (QED) is 0.453. The van der Waals surface area contributed by atoms with Gasteiger partial charge in [0.05, 0.1) is 27.2 Å². The lowest BCUT2D eigenvalue weighted by molar-refractivity contribution is -0.885. The van der Waals surface area contributed by atoms with Crippen molar-refractivity contribution >= 4 is 0 Å². The van der Waals surface area contributed by atoms with Crippen LogP contribution in [0.4, 0.5) is 0 Å². The lowest BCUT2D eigenvalue weighted by Gasteiger charge is -2.28. The molecular formula is C8H18NO+. The molecule has 0 aliphatic carbocycles. The summed E-state index contributed by atoms with van der Waals surface area (Å²) < 4.78 is 0.825. The van der Waals surface area contributed by atoms with E-state index in [2.05, 4.69) is 20.7 Å². The van der Waals surface area contributed by atoms with Crippen LogP contribution in [0.1, 0.15) is 6.92 Å². The third-order valence-electron chi connectivity index (χ3n) is 1.40. The van der Waals surface area contributed by atoms with Crippen LogP contribution in [0, 0.1) is 0 Å². The maximum Gasteiger partial charge on any atom is 0.102 e. The predicted molar refractivity (Wildman–Crippen MR) is 43.7 cm³/mol. The molecule has 0 atom stereocenters. The number of hydrogen-bond donors (Lipinski definition) is 1. The summed E-state index contributed by atoms with van der Waals surface area (Å²) in [6, 6.07) is 0. The van der Waals surface area contributed by atoms with Crippen molar-refractivity contribution < 1.29 is 9.59 Å². The van der Waals surface area contributed by atoms with E-state index in [1.54, 1.807) is 0 Å². The van der Waals surface area contributed by atoms with Crippen molar-refractivity contribution in [1.82, 2.24) is 0 Å². The highest BCUT2D eigenvalue weighted by atomic mass is 16.3. The number of rotatable bonds is 4. The maximum absolute atomic E-state index is 8.67. The first-order valence-corrected chi connectivity index (χ1v) is 3.55. The van der Waals surface area contributed by atoms with E-state index in [4.69, 9.17) is 5.11 Å². The molecule has 0 amide bonds. The van der Waals surface area contributed by atoms with Crippen molar-refractivity contribution in [2.45, 2.75) is 6.92 Å². The summed E-state index contributed by atoms with van der Waals surface area (Å²) in [5.41, 5.74) is 1.17. The maximum atomic E-state index is 8.67. The second kappa shape index (κ2) is 3.74. The third kappa shape index (κ3) is 4.53. The molecule has 2 nitrogen and oxygen atoms in total.